The lowest BCUT2D eigenvalue weighted by molar-refractivity contribution is -0.131. The van der Waals surface area contributed by atoms with Crippen LogP contribution in [0.2, 0.25) is 18.1 Å². The maximum absolute atomic E-state index is 15.8. The number of hydrogen-bond donors (Lipinski definition) is 0. The van der Waals surface area contributed by atoms with Gasteiger partial charge >= 0.3 is 0 Å². The van der Waals surface area contributed by atoms with E-state index >= 15 is 4.39 Å². The average molecular weight is 632 g/mol. The Morgan fingerprint density at radius 2 is 1.47 bits per heavy atom. The first-order valence-corrected chi connectivity index (χ1v) is 18.2. The molecule has 3 atom stereocenters. The van der Waals surface area contributed by atoms with Crippen LogP contribution in [0.5, 0.6) is 5.75 Å². The van der Waals surface area contributed by atoms with Crippen molar-refractivity contribution >= 4 is 19.9 Å². The van der Waals surface area contributed by atoms with E-state index in [0.717, 1.165) is 11.1 Å². The van der Waals surface area contributed by atoms with Crippen LogP contribution < -0.4 is 9.64 Å². The topological polar surface area (TPSA) is 38.8 Å². The van der Waals surface area contributed by atoms with Crippen molar-refractivity contribution in [1.82, 2.24) is 0 Å². The van der Waals surface area contributed by atoms with Gasteiger partial charge in [-0.05, 0) is 84.6 Å². The zero-order valence-electron chi connectivity index (χ0n) is 26.4. The molecule has 45 heavy (non-hydrogen) atoms. The molecule has 1 aliphatic rings. The molecule has 1 saturated heterocycles. The van der Waals surface area contributed by atoms with Crippen LogP contribution in [0.1, 0.15) is 62.4 Å². The molecule has 4 aromatic carbocycles. The van der Waals surface area contributed by atoms with Crippen molar-refractivity contribution in [1.29, 1.82) is 0 Å². The number of carbonyl (C=O) groups is 1. The third kappa shape index (κ3) is 7.34. The molecule has 1 heterocycles. The molecule has 4 aromatic rings. The number of benzene rings is 4. The fraction of sp³-hybridized carbons (Fsp3) is 0.324. The van der Waals surface area contributed by atoms with Gasteiger partial charge in [-0.1, -0.05) is 69.3 Å². The van der Waals surface area contributed by atoms with E-state index in [1.807, 2.05) is 30.3 Å². The lowest BCUT2D eigenvalue weighted by Gasteiger charge is -2.48. The van der Waals surface area contributed by atoms with Crippen molar-refractivity contribution < 1.29 is 27.1 Å². The molecular weight excluding hydrogens is 591 g/mol. The zero-order chi connectivity index (χ0) is 32.4. The summed E-state index contributed by atoms with van der Waals surface area (Å²) in [6.45, 7) is 11.1. The molecule has 1 amide bonds. The second-order valence-corrected chi connectivity index (χ2v) is 17.9. The highest BCUT2D eigenvalue weighted by atomic mass is 28.4. The molecule has 0 bridgehead atoms. The minimum absolute atomic E-state index is 0.0626. The van der Waals surface area contributed by atoms with Crippen LogP contribution in [-0.4, -0.2) is 14.2 Å². The van der Waals surface area contributed by atoms with E-state index in [1.165, 1.54) is 47.4 Å². The highest BCUT2D eigenvalue weighted by Crippen LogP contribution is 2.48. The summed E-state index contributed by atoms with van der Waals surface area (Å²) < 4.78 is 56.1. The molecule has 1 aliphatic heterocycles. The van der Waals surface area contributed by atoms with Gasteiger partial charge in [0.15, 0.2) is 8.32 Å². The van der Waals surface area contributed by atoms with Gasteiger partial charge in [-0.2, -0.15) is 0 Å². The third-order valence-electron chi connectivity index (χ3n) is 9.08. The van der Waals surface area contributed by atoms with Gasteiger partial charge in [0.2, 0.25) is 5.91 Å². The lowest BCUT2D eigenvalue weighted by Crippen LogP contribution is -2.55. The van der Waals surface area contributed by atoms with Crippen molar-refractivity contribution in [3.05, 3.63) is 131 Å². The second-order valence-electron chi connectivity index (χ2n) is 13.2. The first-order chi connectivity index (χ1) is 21.3. The van der Waals surface area contributed by atoms with Crippen LogP contribution in [0.15, 0.2) is 97.1 Å². The van der Waals surface area contributed by atoms with Crippen LogP contribution in [-0.2, 0) is 15.8 Å². The fourth-order valence-electron chi connectivity index (χ4n) is 5.49. The standard InChI is InChI=1S/C37H40F3NO3Si/c1-37(2,3)45(4,5)44-34(26-11-13-27(38)14-12-26)22-21-32-35(41(36(32)42)29-17-15-28(39)16-18-29)31-20-19-30(23-33(31)40)43-24-25-9-7-6-8-10-25/h6-20,23,32,34-35H,21-22,24H2,1-5H3/t32?,34-,35+/m0/s1. The van der Waals surface area contributed by atoms with Crippen molar-refractivity contribution in [2.24, 2.45) is 5.92 Å². The first-order valence-electron chi connectivity index (χ1n) is 15.3. The molecule has 5 rings (SSSR count). The molecule has 0 aliphatic carbocycles. The maximum atomic E-state index is 15.8. The molecule has 1 unspecified atom stereocenters. The SMILES string of the molecule is CC(C)(C)[Si](C)(C)O[C@@H](CCC1C(=O)N(c2ccc(F)cc2)[C@@H]1c1ccc(OCc2ccccc2)cc1F)c1ccc(F)cc1. The second kappa shape index (κ2) is 13.2. The van der Waals surface area contributed by atoms with E-state index < -0.39 is 31.9 Å². The van der Waals surface area contributed by atoms with Crippen LogP contribution in [0.3, 0.4) is 0 Å². The monoisotopic (exact) mass is 631 g/mol. The Labute approximate surface area is 264 Å². The highest BCUT2D eigenvalue weighted by Gasteiger charge is 2.50. The quantitative estimate of drug-likeness (QED) is 0.122. The van der Waals surface area contributed by atoms with Crippen LogP contribution in [0.4, 0.5) is 18.9 Å². The molecule has 0 N–H and O–H groups in total. The highest BCUT2D eigenvalue weighted by molar-refractivity contribution is 6.74. The molecule has 236 valence electrons. The van der Waals surface area contributed by atoms with Gasteiger partial charge in [-0.15, -0.1) is 0 Å². The van der Waals surface area contributed by atoms with Gasteiger partial charge in [0.05, 0.1) is 18.1 Å². The van der Waals surface area contributed by atoms with E-state index in [4.69, 9.17) is 9.16 Å². The molecule has 0 aromatic heterocycles. The van der Waals surface area contributed by atoms with Crippen molar-refractivity contribution in [3.8, 4) is 5.75 Å². The van der Waals surface area contributed by atoms with Crippen molar-refractivity contribution in [3.63, 3.8) is 0 Å². The number of hydrogen-bond acceptors (Lipinski definition) is 3. The smallest absolute Gasteiger partial charge is 0.233 e. The number of rotatable bonds is 11. The Balaban J connectivity index is 1.41. The summed E-state index contributed by atoms with van der Waals surface area (Å²) in [5.41, 5.74) is 2.66. The van der Waals surface area contributed by atoms with E-state index in [1.54, 1.807) is 24.3 Å². The Morgan fingerprint density at radius 3 is 2.07 bits per heavy atom. The molecule has 0 spiro atoms. The van der Waals surface area contributed by atoms with Crippen molar-refractivity contribution in [2.75, 3.05) is 4.90 Å². The molecular formula is C37H40F3NO3Si. The predicted octanol–water partition coefficient (Wildman–Crippen LogP) is 9.93. The normalized spacial score (nSPS) is 17.6. The third-order valence-corrected chi connectivity index (χ3v) is 13.6. The van der Waals surface area contributed by atoms with Gasteiger partial charge in [-0.3, -0.25) is 4.79 Å². The Morgan fingerprint density at radius 1 is 0.844 bits per heavy atom. The van der Waals surface area contributed by atoms with Gasteiger partial charge < -0.3 is 14.1 Å². The lowest BCUT2D eigenvalue weighted by atomic mass is 9.78. The number of anilines is 1. The van der Waals surface area contributed by atoms with E-state index in [2.05, 4.69) is 33.9 Å². The maximum Gasteiger partial charge on any atom is 0.233 e. The summed E-state index contributed by atoms with van der Waals surface area (Å²) >= 11 is 0. The Bertz CT molecular complexity index is 1610. The Kier molecular flexibility index (Phi) is 9.56. The largest absolute Gasteiger partial charge is 0.489 e. The molecule has 1 fully saturated rings. The van der Waals surface area contributed by atoms with Crippen LogP contribution >= 0.6 is 0 Å². The van der Waals surface area contributed by atoms with Gasteiger partial charge in [0.1, 0.15) is 29.8 Å². The number of amides is 1. The molecule has 8 heteroatoms. The van der Waals surface area contributed by atoms with Crippen LogP contribution in [0, 0.1) is 23.4 Å². The Hall–Kier alpha value is -3.88. The summed E-state index contributed by atoms with van der Waals surface area (Å²) in [7, 11) is -2.24. The molecule has 0 radical (unpaired) electrons. The van der Waals surface area contributed by atoms with E-state index in [-0.39, 0.29) is 22.9 Å². The van der Waals surface area contributed by atoms with E-state index in [9.17, 15) is 13.6 Å². The molecule has 0 saturated carbocycles. The number of β-lactam (4-membered cyclic amide) rings is 1. The number of halogens is 3. The van der Waals surface area contributed by atoms with Crippen LogP contribution in [0.25, 0.3) is 0 Å². The molecule has 4 nitrogen and oxygen atoms in total. The van der Waals surface area contributed by atoms with Gasteiger partial charge in [0, 0.05) is 17.3 Å². The fourth-order valence-corrected chi connectivity index (χ4v) is 6.81. The minimum Gasteiger partial charge on any atom is -0.489 e. The van der Waals surface area contributed by atoms with E-state index in [0.29, 0.717) is 36.4 Å². The number of carbonyl (C=O) groups excluding carboxylic acids is 1. The average Bonchev–Trinajstić information content (AvgIpc) is 3.00. The van der Waals surface area contributed by atoms with Crippen molar-refractivity contribution in [2.45, 2.75) is 70.5 Å². The van der Waals surface area contributed by atoms with Gasteiger partial charge in [0.25, 0.3) is 0 Å². The predicted molar refractivity (Wildman–Crippen MR) is 174 cm³/mol. The summed E-state index contributed by atoms with van der Waals surface area (Å²) in [5, 5.41) is -0.0626. The summed E-state index contributed by atoms with van der Waals surface area (Å²) in [6, 6.07) is 25.7. The van der Waals surface area contributed by atoms with Gasteiger partial charge in [-0.25, -0.2) is 13.2 Å². The zero-order valence-corrected chi connectivity index (χ0v) is 27.4. The summed E-state index contributed by atoms with van der Waals surface area (Å²) in [4.78, 5) is 15.2. The minimum atomic E-state index is -2.24. The number of ether oxygens (including phenoxy) is 1. The number of nitrogens with zero attached hydrogens (tertiary/aromatic N) is 1. The summed E-state index contributed by atoms with van der Waals surface area (Å²) in [5.74, 6) is -1.55. The first kappa shape index (κ1) is 32.5. The summed E-state index contributed by atoms with van der Waals surface area (Å²) in [6.07, 6.45) is 0.546.